The Morgan fingerprint density at radius 3 is 2.76 bits per heavy atom. The molecule has 6 heterocycles. The molecule has 1 aliphatic heterocycles. The van der Waals surface area contributed by atoms with Crippen LogP contribution in [-0.4, -0.2) is 54.5 Å². The van der Waals surface area contributed by atoms with Crippen LogP contribution >= 0.6 is 12.4 Å². The molecule has 6 rings (SSSR count). The molecular formula is C27H30ClN7O2. The maximum atomic E-state index is 13.0. The molecule has 5 aromatic heterocycles. The van der Waals surface area contributed by atoms with Crippen LogP contribution in [0.5, 0.6) is 0 Å². The summed E-state index contributed by atoms with van der Waals surface area (Å²) in [5.74, 6) is 1.69. The van der Waals surface area contributed by atoms with Gasteiger partial charge in [-0.05, 0) is 62.6 Å². The third-order valence-electron chi connectivity index (χ3n) is 7.03. The maximum Gasteiger partial charge on any atom is 0.261 e. The summed E-state index contributed by atoms with van der Waals surface area (Å²) in [6.07, 6.45) is 7.99. The molecule has 0 atom stereocenters. The molecule has 0 unspecified atom stereocenters. The number of aryl methyl sites for hydroxylation is 1. The number of nitrogens with zero attached hydrogens (tertiary/aromatic N) is 6. The van der Waals surface area contributed by atoms with Gasteiger partial charge in [-0.1, -0.05) is 6.07 Å². The van der Waals surface area contributed by atoms with Gasteiger partial charge in [0.2, 0.25) is 5.95 Å². The molecule has 1 fully saturated rings. The fourth-order valence-electron chi connectivity index (χ4n) is 5.05. The summed E-state index contributed by atoms with van der Waals surface area (Å²) >= 11 is 0. The molecule has 0 aliphatic carbocycles. The minimum Gasteiger partial charge on any atom is -0.467 e. The number of hydrogen-bond donors (Lipinski definition) is 1. The van der Waals surface area contributed by atoms with Gasteiger partial charge in [0.05, 0.1) is 12.8 Å². The quantitative estimate of drug-likeness (QED) is 0.348. The van der Waals surface area contributed by atoms with E-state index >= 15 is 0 Å². The number of halogens is 1. The van der Waals surface area contributed by atoms with Gasteiger partial charge < -0.3 is 14.6 Å². The molecule has 5 aromatic rings. The maximum absolute atomic E-state index is 13.0. The zero-order valence-electron chi connectivity index (χ0n) is 20.7. The Bertz CT molecular complexity index is 1550. The van der Waals surface area contributed by atoms with Crippen molar-refractivity contribution in [2.45, 2.75) is 38.8 Å². The minimum atomic E-state index is 0. The molecule has 1 saturated heterocycles. The Kier molecular flexibility index (Phi) is 7.25. The van der Waals surface area contributed by atoms with Gasteiger partial charge in [0.15, 0.2) is 5.65 Å². The van der Waals surface area contributed by atoms with Crippen molar-refractivity contribution >= 4 is 35.2 Å². The second-order valence-corrected chi connectivity index (χ2v) is 9.37. The van der Waals surface area contributed by atoms with Crippen molar-refractivity contribution in [1.29, 1.82) is 0 Å². The van der Waals surface area contributed by atoms with Crippen LogP contribution in [-0.2, 0) is 13.0 Å². The normalized spacial score (nSPS) is 14.7. The summed E-state index contributed by atoms with van der Waals surface area (Å²) < 4.78 is 9.31. The first kappa shape index (κ1) is 25.0. The van der Waals surface area contributed by atoms with E-state index in [2.05, 4.69) is 24.8 Å². The molecule has 192 valence electrons. The lowest BCUT2D eigenvalue weighted by atomic mass is 10.0. The third kappa shape index (κ3) is 5.10. The molecule has 1 N–H and O–H groups in total. The van der Waals surface area contributed by atoms with E-state index in [1.54, 1.807) is 23.1 Å². The molecule has 1 aliphatic rings. The molecule has 9 nitrogen and oxygen atoms in total. The van der Waals surface area contributed by atoms with E-state index < -0.39 is 0 Å². The Hall–Kier alpha value is -3.69. The van der Waals surface area contributed by atoms with Gasteiger partial charge in [0.25, 0.3) is 5.56 Å². The van der Waals surface area contributed by atoms with Crippen LogP contribution in [0.25, 0.3) is 16.8 Å². The van der Waals surface area contributed by atoms with Crippen molar-refractivity contribution in [3.8, 4) is 0 Å². The number of aromatic nitrogens is 5. The second-order valence-electron chi connectivity index (χ2n) is 9.37. The monoisotopic (exact) mass is 519 g/mol. The molecule has 0 amide bonds. The Labute approximate surface area is 220 Å². The molecule has 0 saturated carbocycles. The molecule has 0 aromatic carbocycles. The second kappa shape index (κ2) is 10.7. The van der Waals surface area contributed by atoms with Crippen LogP contribution in [0.1, 0.15) is 29.9 Å². The van der Waals surface area contributed by atoms with Crippen molar-refractivity contribution in [3.63, 3.8) is 0 Å². The van der Waals surface area contributed by atoms with E-state index in [1.807, 2.05) is 49.4 Å². The predicted octanol–water partition coefficient (Wildman–Crippen LogP) is 3.93. The van der Waals surface area contributed by atoms with Gasteiger partial charge in [-0.2, -0.15) is 0 Å². The standard InChI is InChI=1S/C27H29N7O2.ClH/c1-19-22(26(35)33-13-3-2-8-24(33)29-19)11-16-32-14-9-20(10-15-32)30-27-31-23-7-4-12-28-25(23)34(27)18-21-6-5-17-36-21;/h2-8,12-13,17,20H,9-11,14-16,18H2,1H3,(H,30,31);1H. The number of nitrogens with one attached hydrogen (secondary N) is 1. The minimum absolute atomic E-state index is 0. The van der Waals surface area contributed by atoms with Crippen LogP contribution in [0.3, 0.4) is 0 Å². The highest BCUT2D eigenvalue weighted by Gasteiger charge is 2.22. The molecule has 0 radical (unpaired) electrons. The van der Waals surface area contributed by atoms with Crippen LogP contribution in [0.2, 0.25) is 0 Å². The summed E-state index contributed by atoms with van der Waals surface area (Å²) in [6, 6.07) is 13.7. The van der Waals surface area contributed by atoms with Crippen molar-refractivity contribution in [2.24, 2.45) is 0 Å². The Morgan fingerprint density at radius 2 is 1.95 bits per heavy atom. The van der Waals surface area contributed by atoms with Crippen molar-refractivity contribution < 1.29 is 4.42 Å². The fourth-order valence-corrected chi connectivity index (χ4v) is 5.05. The van der Waals surface area contributed by atoms with Gasteiger partial charge in [-0.25, -0.2) is 15.0 Å². The number of hydrogen-bond acceptors (Lipinski definition) is 7. The number of imidazole rings is 1. The fraction of sp³-hybridized carbons (Fsp3) is 0.333. The van der Waals surface area contributed by atoms with Crippen molar-refractivity contribution in [2.75, 3.05) is 25.0 Å². The summed E-state index contributed by atoms with van der Waals surface area (Å²) in [4.78, 5) is 29.4. The summed E-state index contributed by atoms with van der Waals surface area (Å²) in [5, 5.41) is 3.66. The first-order valence-electron chi connectivity index (χ1n) is 12.4. The average Bonchev–Trinajstić information content (AvgIpc) is 3.53. The van der Waals surface area contributed by atoms with E-state index in [1.165, 1.54) is 0 Å². The van der Waals surface area contributed by atoms with E-state index in [0.717, 1.165) is 66.6 Å². The molecular weight excluding hydrogens is 490 g/mol. The third-order valence-corrected chi connectivity index (χ3v) is 7.03. The number of likely N-dealkylation sites (tertiary alicyclic amines) is 1. The summed E-state index contributed by atoms with van der Waals surface area (Å²) in [6.45, 7) is 5.30. The number of fused-ring (bicyclic) bond motifs is 2. The van der Waals surface area contributed by atoms with Crippen LogP contribution in [0, 0.1) is 6.92 Å². The van der Waals surface area contributed by atoms with Crippen LogP contribution < -0.4 is 10.9 Å². The van der Waals surface area contributed by atoms with Crippen LogP contribution in [0.15, 0.2) is 70.3 Å². The molecule has 0 bridgehead atoms. The Balaban J connectivity index is 0.00000280. The van der Waals surface area contributed by atoms with E-state index in [9.17, 15) is 4.79 Å². The first-order valence-corrected chi connectivity index (χ1v) is 12.4. The number of rotatable bonds is 7. The van der Waals surface area contributed by atoms with Gasteiger partial charge >= 0.3 is 0 Å². The lowest BCUT2D eigenvalue weighted by Gasteiger charge is -2.32. The highest BCUT2D eigenvalue weighted by Crippen LogP contribution is 2.23. The van der Waals surface area contributed by atoms with Crippen molar-refractivity contribution in [3.05, 3.63) is 88.5 Å². The summed E-state index contributed by atoms with van der Waals surface area (Å²) in [7, 11) is 0. The smallest absolute Gasteiger partial charge is 0.261 e. The lowest BCUT2D eigenvalue weighted by Crippen LogP contribution is -2.41. The molecule has 37 heavy (non-hydrogen) atoms. The number of piperidine rings is 1. The van der Waals surface area contributed by atoms with Gasteiger partial charge in [0.1, 0.15) is 16.9 Å². The van der Waals surface area contributed by atoms with E-state index in [-0.39, 0.29) is 18.0 Å². The highest BCUT2D eigenvalue weighted by molar-refractivity contribution is 5.85. The zero-order valence-corrected chi connectivity index (χ0v) is 21.5. The summed E-state index contributed by atoms with van der Waals surface area (Å²) in [5.41, 5.74) is 4.08. The SMILES string of the molecule is Cc1nc2ccccn2c(=O)c1CCN1CCC(Nc2nc3cccnc3n2Cc2ccco2)CC1.Cl. The van der Waals surface area contributed by atoms with Gasteiger partial charge in [0, 0.05) is 49.3 Å². The largest absolute Gasteiger partial charge is 0.467 e. The van der Waals surface area contributed by atoms with Gasteiger partial charge in [-0.15, -0.1) is 12.4 Å². The highest BCUT2D eigenvalue weighted by atomic mass is 35.5. The lowest BCUT2D eigenvalue weighted by molar-refractivity contribution is 0.220. The number of pyridine rings is 2. The molecule has 0 spiro atoms. The van der Waals surface area contributed by atoms with E-state index in [4.69, 9.17) is 9.40 Å². The predicted molar refractivity (Wildman–Crippen MR) is 146 cm³/mol. The Morgan fingerprint density at radius 1 is 1.08 bits per heavy atom. The topological polar surface area (TPSA) is 93.5 Å². The zero-order chi connectivity index (χ0) is 24.5. The first-order chi connectivity index (χ1) is 17.7. The number of anilines is 1. The molecule has 10 heteroatoms. The number of furan rings is 1. The van der Waals surface area contributed by atoms with E-state index in [0.29, 0.717) is 24.7 Å². The van der Waals surface area contributed by atoms with Crippen LogP contribution in [0.4, 0.5) is 5.95 Å². The van der Waals surface area contributed by atoms with Gasteiger partial charge in [-0.3, -0.25) is 13.8 Å². The van der Waals surface area contributed by atoms with Crippen molar-refractivity contribution in [1.82, 2.24) is 28.8 Å². The average molecular weight is 520 g/mol.